The minimum absolute atomic E-state index is 0.0134. The maximum Gasteiger partial charge on any atom is 0.319 e. The van der Waals surface area contributed by atoms with Crippen molar-refractivity contribution in [3.63, 3.8) is 0 Å². The van der Waals surface area contributed by atoms with Gasteiger partial charge in [0.25, 0.3) is 0 Å². The molecular weight excluding hydrogens is 407 g/mol. The maximum absolute atomic E-state index is 14.8. The number of pyridine rings is 1. The normalized spacial score (nSPS) is 33.2. The summed E-state index contributed by atoms with van der Waals surface area (Å²) in [5.74, 6) is -1.16. The van der Waals surface area contributed by atoms with E-state index in [-0.39, 0.29) is 35.8 Å². The predicted molar refractivity (Wildman–Crippen MR) is 103 cm³/mol. The quantitative estimate of drug-likeness (QED) is 0.678. The molecule has 2 saturated heterocycles. The summed E-state index contributed by atoms with van der Waals surface area (Å²) in [5, 5.41) is -0.459. The number of nitrogens with zero attached hydrogens (tertiary/aromatic N) is 5. The van der Waals surface area contributed by atoms with Gasteiger partial charge in [-0.25, -0.2) is 18.2 Å². The van der Waals surface area contributed by atoms with Crippen LogP contribution in [-0.2, 0) is 0 Å². The van der Waals surface area contributed by atoms with E-state index in [0.717, 1.165) is 30.5 Å². The molecule has 1 saturated carbocycles. The van der Waals surface area contributed by atoms with Gasteiger partial charge in [-0.2, -0.15) is 9.97 Å². The van der Waals surface area contributed by atoms with Crippen LogP contribution in [0.2, 0.25) is 5.15 Å². The zero-order chi connectivity index (χ0) is 22.8. The Bertz CT molecular complexity index is 1060. The lowest BCUT2D eigenvalue weighted by molar-refractivity contribution is 0.107. The monoisotopic (exact) mass is 430 g/mol. The van der Waals surface area contributed by atoms with E-state index in [0.29, 0.717) is 13.0 Å². The lowest BCUT2D eigenvalue weighted by Gasteiger charge is -2.31. The van der Waals surface area contributed by atoms with Gasteiger partial charge < -0.3 is 9.64 Å². The summed E-state index contributed by atoms with van der Waals surface area (Å²) in [6, 6.07) is -1.21. The van der Waals surface area contributed by atoms with E-state index in [1.165, 1.54) is 0 Å². The highest BCUT2D eigenvalue weighted by Crippen LogP contribution is 2.41. The first-order valence-corrected chi connectivity index (χ1v) is 9.94. The van der Waals surface area contributed by atoms with E-state index >= 15 is 0 Å². The number of halogens is 4. The van der Waals surface area contributed by atoms with Crippen LogP contribution in [0.5, 0.6) is 6.01 Å². The lowest BCUT2D eigenvalue weighted by Crippen LogP contribution is -2.43. The molecule has 4 heterocycles. The third kappa shape index (κ3) is 3.18. The molecule has 156 valence electrons. The van der Waals surface area contributed by atoms with E-state index in [4.69, 9.17) is 20.5 Å². The van der Waals surface area contributed by atoms with Gasteiger partial charge in [-0.15, -0.1) is 0 Å². The maximum atomic E-state index is 14.8. The summed E-state index contributed by atoms with van der Waals surface area (Å²) in [5.41, 5.74) is -0.776. The van der Waals surface area contributed by atoms with Crippen LogP contribution in [0.3, 0.4) is 0 Å². The van der Waals surface area contributed by atoms with Gasteiger partial charge in [0.2, 0.25) is 0 Å². The standard InChI is InChI=1S/C19H21ClF3N5O/c1-27(13-5-12(13)22)17-11-7-24-16(20)14(23)15(11)25-18(26-17)29-9-19-3-2-4-28(19)8-10(21)6-19/h7,10,12-13H,2-6,8-9H2,1H3/t10-,12+,13+,19+/m1/s1/i1D3. The number of aromatic nitrogens is 3. The second-order valence-corrected chi connectivity index (χ2v) is 8.37. The van der Waals surface area contributed by atoms with Crippen LogP contribution in [0.1, 0.15) is 29.8 Å². The van der Waals surface area contributed by atoms with E-state index in [2.05, 4.69) is 15.0 Å². The van der Waals surface area contributed by atoms with Gasteiger partial charge in [0.15, 0.2) is 11.0 Å². The van der Waals surface area contributed by atoms with Crippen LogP contribution in [0.4, 0.5) is 19.0 Å². The Balaban J connectivity index is 1.56. The summed E-state index contributed by atoms with van der Waals surface area (Å²) in [6.07, 6.45) is 0.825. The van der Waals surface area contributed by atoms with Crippen LogP contribution in [0.15, 0.2) is 6.20 Å². The molecule has 1 aliphatic carbocycles. The Morgan fingerprint density at radius 1 is 1.45 bits per heavy atom. The molecule has 2 aromatic heterocycles. The minimum Gasteiger partial charge on any atom is -0.461 e. The molecule has 4 atom stereocenters. The zero-order valence-corrected chi connectivity index (χ0v) is 16.2. The Morgan fingerprint density at radius 2 is 2.28 bits per heavy atom. The van der Waals surface area contributed by atoms with Crippen molar-refractivity contribution < 1.29 is 22.0 Å². The number of rotatable bonds is 5. The molecule has 29 heavy (non-hydrogen) atoms. The summed E-state index contributed by atoms with van der Waals surface area (Å²) in [4.78, 5) is 14.9. The second kappa shape index (κ2) is 6.84. The first-order chi connectivity index (χ1) is 15.1. The van der Waals surface area contributed by atoms with Crippen LogP contribution in [-0.4, -0.2) is 70.4 Å². The third-order valence-corrected chi connectivity index (χ3v) is 6.34. The average molecular weight is 431 g/mol. The Hall–Kier alpha value is -1.87. The van der Waals surface area contributed by atoms with Crippen molar-refractivity contribution in [2.75, 3.05) is 31.6 Å². The molecule has 3 aliphatic rings. The van der Waals surface area contributed by atoms with Gasteiger partial charge in [0.05, 0.1) is 17.0 Å². The van der Waals surface area contributed by atoms with Crippen LogP contribution >= 0.6 is 11.6 Å². The topological polar surface area (TPSA) is 54.4 Å². The number of ether oxygens (including phenoxy) is 1. The van der Waals surface area contributed by atoms with Crippen molar-refractivity contribution in [1.82, 2.24) is 19.9 Å². The molecule has 0 amide bonds. The number of hydrogen-bond donors (Lipinski definition) is 0. The van der Waals surface area contributed by atoms with Gasteiger partial charge in [0.1, 0.15) is 30.3 Å². The van der Waals surface area contributed by atoms with Crippen molar-refractivity contribution >= 4 is 28.3 Å². The van der Waals surface area contributed by atoms with Gasteiger partial charge in [-0.1, -0.05) is 11.6 Å². The zero-order valence-electron chi connectivity index (χ0n) is 18.4. The van der Waals surface area contributed by atoms with E-state index in [1.807, 2.05) is 4.90 Å². The molecular formula is C19H21ClF3N5O. The highest BCUT2D eigenvalue weighted by Gasteiger charge is 2.49. The molecule has 0 unspecified atom stereocenters. The molecule has 10 heteroatoms. The average Bonchev–Trinajstić information content (AvgIpc) is 3.13. The molecule has 2 aliphatic heterocycles. The Morgan fingerprint density at radius 3 is 3.03 bits per heavy atom. The van der Waals surface area contributed by atoms with Gasteiger partial charge >= 0.3 is 6.01 Å². The van der Waals surface area contributed by atoms with Crippen molar-refractivity contribution in [2.45, 2.75) is 49.6 Å². The largest absolute Gasteiger partial charge is 0.461 e. The summed E-state index contributed by atoms with van der Waals surface area (Å²) in [7, 11) is 0. The van der Waals surface area contributed by atoms with E-state index in [1.54, 1.807) is 0 Å². The molecule has 5 rings (SSSR count). The van der Waals surface area contributed by atoms with Gasteiger partial charge in [0, 0.05) is 36.7 Å². The Labute approximate surface area is 175 Å². The van der Waals surface area contributed by atoms with E-state index in [9.17, 15) is 13.2 Å². The fourth-order valence-corrected chi connectivity index (χ4v) is 4.61. The minimum atomic E-state index is -2.74. The van der Waals surface area contributed by atoms with E-state index < -0.39 is 41.9 Å². The molecule has 0 aromatic carbocycles. The number of hydrogen-bond acceptors (Lipinski definition) is 6. The van der Waals surface area contributed by atoms with Crippen molar-refractivity contribution in [1.29, 1.82) is 0 Å². The van der Waals surface area contributed by atoms with Crippen molar-refractivity contribution in [3.05, 3.63) is 17.2 Å². The fraction of sp³-hybridized carbons (Fsp3) is 0.632. The van der Waals surface area contributed by atoms with Crippen LogP contribution in [0.25, 0.3) is 10.9 Å². The van der Waals surface area contributed by atoms with Crippen molar-refractivity contribution in [3.8, 4) is 6.01 Å². The SMILES string of the molecule is [2H]C([2H])([2H])N(c1nc(OC[C@@]23CCCN2C[C@H](F)C3)nc2c(F)c(Cl)ncc12)[C@H]1C[C@@H]1F. The van der Waals surface area contributed by atoms with Crippen LogP contribution in [0, 0.1) is 5.82 Å². The fourth-order valence-electron chi connectivity index (χ4n) is 4.47. The molecule has 0 bridgehead atoms. The Kier molecular flexibility index (Phi) is 3.75. The van der Waals surface area contributed by atoms with Gasteiger partial charge in [-0.05, 0) is 19.4 Å². The molecule has 0 spiro atoms. The molecule has 2 aromatic rings. The second-order valence-electron chi connectivity index (χ2n) is 8.01. The lowest BCUT2D eigenvalue weighted by atomic mass is 9.95. The number of anilines is 1. The third-order valence-electron chi connectivity index (χ3n) is 6.07. The highest BCUT2D eigenvalue weighted by atomic mass is 35.5. The summed E-state index contributed by atoms with van der Waals surface area (Å²) in [6.45, 7) is -1.58. The number of fused-ring (bicyclic) bond motifs is 2. The summed E-state index contributed by atoms with van der Waals surface area (Å²) >= 11 is 5.81. The van der Waals surface area contributed by atoms with Crippen LogP contribution < -0.4 is 9.64 Å². The summed E-state index contributed by atoms with van der Waals surface area (Å²) < 4.78 is 72.2. The molecule has 6 nitrogen and oxygen atoms in total. The number of alkyl halides is 2. The smallest absolute Gasteiger partial charge is 0.319 e. The predicted octanol–water partition coefficient (Wildman–Crippen LogP) is 3.32. The van der Waals surface area contributed by atoms with Crippen molar-refractivity contribution in [2.24, 2.45) is 0 Å². The first kappa shape index (κ1) is 15.9. The molecule has 0 N–H and O–H groups in total. The highest BCUT2D eigenvalue weighted by molar-refractivity contribution is 6.30. The molecule has 0 radical (unpaired) electrons. The first-order valence-electron chi connectivity index (χ1n) is 11.1. The molecule has 3 fully saturated rings. The van der Waals surface area contributed by atoms with Gasteiger partial charge in [-0.3, -0.25) is 4.90 Å².